The van der Waals surface area contributed by atoms with Crippen molar-refractivity contribution in [2.45, 2.75) is 13.1 Å². The summed E-state index contributed by atoms with van der Waals surface area (Å²) in [7, 11) is 0. The number of carbonyl (C=O) groups is 1. The van der Waals surface area contributed by atoms with Gasteiger partial charge in [0.2, 0.25) is 0 Å². The summed E-state index contributed by atoms with van der Waals surface area (Å²) in [5.41, 5.74) is 1.22. The molecule has 8 heteroatoms. The summed E-state index contributed by atoms with van der Waals surface area (Å²) in [4.78, 5) is 21.1. The number of benzene rings is 2. The van der Waals surface area contributed by atoms with Crippen molar-refractivity contribution in [3.8, 4) is 5.75 Å². The van der Waals surface area contributed by atoms with Crippen molar-refractivity contribution in [1.29, 1.82) is 0 Å². The zero-order chi connectivity index (χ0) is 22.8. The molecule has 2 aliphatic heterocycles. The third-order valence-electron chi connectivity index (χ3n) is 6.51. The summed E-state index contributed by atoms with van der Waals surface area (Å²) < 4.78 is 6.22. The van der Waals surface area contributed by atoms with Gasteiger partial charge in [-0.2, -0.15) is 0 Å². The highest BCUT2D eigenvalue weighted by molar-refractivity contribution is 7.16. The van der Waals surface area contributed by atoms with Crippen molar-refractivity contribution in [3.05, 3.63) is 62.8 Å². The number of phenols is 1. The molecule has 2 aliphatic rings. The second kappa shape index (κ2) is 9.99. The average molecular weight is 486 g/mol. The predicted octanol–water partition coefficient (Wildman–Crippen LogP) is 4.05. The van der Waals surface area contributed by atoms with E-state index in [2.05, 4.69) is 15.9 Å². The summed E-state index contributed by atoms with van der Waals surface area (Å²) in [6.45, 7) is 7.46. The van der Waals surface area contributed by atoms with Crippen LogP contribution in [0.3, 0.4) is 0 Å². The van der Waals surface area contributed by atoms with Gasteiger partial charge in [-0.3, -0.25) is 14.6 Å². The number of amides is 1. The number of phenolic OH excluding ortho intramolecular Hbond substituents is 1. The highest BCUT2D eigenvalue weighted by Crippen LogP contribution is 2.34. The van der Waals surface area contributed by atoms with Crippen LogP contribution in [-0.2, 0) is 17.8 Å². The Morgan fingerprint density at radius 3 is 2.36 bits per heavy atom. The van der Waals surface area contributed by atoms with Gasteiger partial charge in [-0.15, -0.1) is 11.3 Å². The third kappa shape index (κ3) is 5.03. The molecule has 0 unspecified atom stereocenters. The van der Waals surface area contributed by atoms with Crippen molar-refractivity contribution in [3.63, 3.8) is 0 Å². The van der Waals surface area contributed by atoms with Gasteiger partial charge < -0.3 is 14.7 Å². The molecule has 2 fully saturated rings. The number of ether oxygens (including phenoxy) is 1. The number of morpholine rings is 1. The van der Waals surface area contributed by atoms with Crippen LogP contribution >= 0.6 is 22.9 Å². The lowest BCUT2D eigenvalue weighted by molar-refractivity contribution is 0.0301. The Balaban J connectivity index is 1.34. The Labute approximate surface area is 202 Å². The Kier molecular flexibility index (Phi) is 6.85. The molecular weight excluding hydrogens is 458 g/mol. The maximum Gasteiger partial charge on any atom is 0.257 e. The molecule has 3 heterocycles. The zero-order valence-corrected chi connectivity index (χ0v) is 20.1. The summed E-state index contributed by atoms with van der Waals surface area (Å²) >= 11 is 7.71. The van der Waals surface area contributed by atoms with Crippen LogP contribution < -0.4 is 0 Å². The SMILES string of the molecule is O=C(c1cc2ccccc2c(CN2CCN(Cc3ccc(Cl)s3)CC2)c1O)N1CCOCC1. The minimum atomic E-state index is -0.123. The lowest BCUT2D eigenvalue weighted by Gasteiger charge is -2.35. The molecule has 1 aromatic heterocycles. The number of carbonyl (C=O) groups excluding carboxylic acids is 1. The number of piperazine rings is 1. The first kappa shape index (κ1) is 22.6. The van der Waals surface area contributed by atoms with Crippen molar-refractivity contribution in [2.75, 3.05) is 52.5 Å². The fourth-order valence-electron chi connectivity index (χ4n) is 4.66. The fourth-order valence-corrected chi connectivity index (χ4v) is 5.79. The molecule has 33 heavy (non-hydrogen) atoms. The van der Waals surface area contributed by atoms with Gasteiger partial charge in [0.15, 0.2) is 0 Å². The Bertz CT molecular complexity index is 1140. The molecule has 0 bridgehead atoms. The van der Waals surface area contributed by atoms with Crippen molar-refractivity contribution in [1.82, 2.24) is 14.7 Å². The van der Waals surface area contributed by atoms with Gasteiger partial charge in [0.25, 0.3) is 5.91 Å². The van der Waals surface area contributed by atoms with Gasteiger partial charge in [0.05, 0.1) is 23.1 Å². The van der Waals surface area contributed by atoms with Crippen LogP contribution in [0.5, 0.6) is 5.75 Å². The van der Waals surface area contributed by atoms with Crippen LogP contribution in [0.1, 0.15) is 20.8 Å². The summed E-state index contributed by atoms with van der Waals surface area (Å²) in [6, 6.07) is 13.9. The van der Waals surface area contributed by atoms with Crippen molar-refractivity contribution >= 4 is 39.6 Å². The number of halogens is 1. The second-order valence-corrected chi connectivity index (χ2v) is 10.4. The van der Waals surface area contributed by atoms with Crippen LogP contribution in [0.2, 0.25) is 4.34 Å². The molecule has 2 saturated heterocycles. The summed E-state index contributed by atoms with van der Waals surface area (Å²) in [6.07, 6.45) is 0. The van der Waals surface area contributed by atoms with Gasteiger partial charge in [-0.05, 0) is 29.0 Å². The Morgan fingerprint density at radius 2 is 1.67 bits per heavy atom. The summed E-state index contributed by atoms with van der Waals surface area (Å²) in [5, 5.41) is 13.2. The highest BCUT2D eigenvalue weighted by atomic mass is 35.5. The minimum Gasteiger partial charge on any atom is -0.507 e. The quantitative estimate of drug-likeness (QED) is 0.591. The predicted molar refractivity (Wildman–Crippen MR) is 132 cm³/mol. The van der Waals surface area contributed by atoms with Gasteiger partial charge in [0, 0.05) is 62.8 Å². The number of hydrogen-bond donors (Lipinski definition) is 1. The van der Waals surface area contributed by atoms with E-state index in [0.29, 0.717) is 38.4 Å². The topological polar surface area (TPSA) is 56.2 Å². The van der Waals surface area contributed by atoms with E-state index in [1.807, 2.05) is 36.4 Å². The molecule has 1 amide bonds. The molecule has 0 saturated carbocycles. The number of nitrogens with zero attached hydrogens (tertiary/aromatic N) is 3. The first-order chi connectivity index (χ1) is 16.1. The average Bonchev–Trinajstić information content (AvgIpc) is 3.26. The van der Waals surface area contributed by atoms with E-state index < -0.39 is 0 Å². The standard InChI is InChI=1S/C25H28ClN3O3S/c26-23-6-5-19(33-23)16-27-7-9-28(10-8-27)17-22-20-4-2-1-3-18(20)15-21(24(22)30)25(31)29-11-13-32-14-12-29/h1-6,15,30H,7-14,16-17H2. The maximum absolute atomic E-state index is 13.2. The number of rotatable bonds is 5. The van der Waals surface area contributed by atoms with Crippen LogP contribution in [0.4, 0.5) is 0 Å². The first-order valence-corrected chi connectivity index (χ1v) is 12.6. The third-order valence-corrected chi connectivity index (χ3v) is 7.73. The molecule has 174 valence electrons. The molecular formula is C25H28ClN3O3S. The van der Waals surface area contributed by atoms with Crippen LogP contribution in [-0.4, -0.2) is 78.2 Å². The largest absolute Gasteiger partial charge is 0.507 e. The molecule has 3 aromatic rings. The molecule has 2 aromatic carbocycles. The Morgan fingerprint density at radius 1 is 0.970 bits per heavy atom. The number of thiophene rings is 1. The molecule has 0 spiro atoms. The zero-order valence-electron chi connectivity index (χ0n) is 18.5. The van der Waals surface area contributed by atoms with Crippen LogP contribution in [0.25, 0.3) is 10.8 Å². The number of aromatic hydroxyl groups is 1. The van der Waals surface area contributed by atoms with E-state index in [-0.39, 0.29) is 11.7 Å². The van der Waals surface area contributed by atoms with Gasteiger partial charge in [-0.1, -0.05) is 35.9 Å². The summed E-state index contributed by atoms with van der Waals surface area (Å²) in [5.74, 6) is -0.0110. The molecule has 1 N–H and O–H groups in total. The van der Waals surface area contributed by atoms with Gasteiger partial charge in [0.1, 0.15) is 5.75 Å². The van der Waals surface area contributed by atoms with E-state index in [9.17, 15) is 9.90 Å². The second-order valence-electron chi connectivity index (χ2n) is 8.64. The van der Waals surface area contributed by atoms with E-state index in [4.69, 9.17) is 16.3 Å². The lowest BCUT2D eigenvalue weighted by Crippen LogP contribution is -2.45. The first-order valence-electron chi connectivity index (χ1n) is 11.4. The molecule has 0 aliphatic carbocycles. The van der Waals surface area contributed by atoms with Crippen molar-refractivity contribution in [2.24, 2.45) is 0 Å². The van der Waals surface area contributed by atoms with Crippen LogP contribution in [0, 0.1) is 0 Å². The smallest absolute Gasteiger partial charge is 0.257 e. The molecule has 6 nitrogen and oxygen atoms in total. The number of hydrogen-bond acceptors (Lipinski definition) is 6. The van der Waals surface area contributed by atoms with Gasteiger partial charge in [-0.25, -0.2) is 0 Å². The van der Waals surface area contributed by atoms with E-state index in [1.165, 1.54) is 4.88 Å². The van der Waals surface area contributed by atoms with E-state index in [0.717, 1.165) is 53.4 Å². The molecule has 0 atom stereocenters. The van der Waals surface area contributed by atoms with E-state index in [1.54, 1.807) is 16.2 Å². The number of fused-ring (bicyclic) bond motifs is 1. The van der Waals surface area contributed by atoms with E-state index >= 15 is 0 Å². The van der Waals surface area contributed by atoms with Crippen molar-refractivity contribution < 1.29 is 14.6 Å². The van der Waals surface area contributed by atoms with Gasteiger partial charge >= 0.3 is 0 Å². The monoisotopic (exact) mass is 485 g/mol. The molecule has 5 rings (SSSR count). The highest BCUT2D eigenvalue weighted by Gasteiger charge is 2.26. The molecule has 0 radical (unpaired) electrons. The Hall–Kier alpha value is -2.16. The maximum atomic E-state index is 13.2. The fraction of sp³-hybridized carbons (Fsp3) is 0.400. The van der Waals surface area contributed by atoms with Crippen LogP contribution in [0.15, 0.2) is 42.5 Å². The minimum absolute atomic E-state index is 0.112. The normalized spacial score (nSPS) is 18.2. The lowest BCUT2D eigenvalue weighted by atomic mass is 9.97.